The van der Waals surface area contributed by atoms with Gasteiger partial charge in [-0.1, -0.05) is 67.2 Å². The molecule has 0 bridgehead atoms. The molecule has 4 heteroatoms. The smallest absolute Gasteiger partial charge is 0.418 e. The van der Waals surface area contributed by atoms with Gasteiger partial charge in [0.05, 0.1) is 0 Å². The second-order valence-corrected chi connectivity index (χ2v) is 4.98. The van der Waals surface area contributed by atoms with Crippen LogP contribution in [0, 0.1) is 0 Å². The first-order valence-corrected chi connectivity index (χ1v) is 6.98. The highest BCUT2D eigenvalue weighted by Crippen LogP contribution is 2.42. The van der Waals surface area contributed by atoms with Crippen LogP contribution in [-0.4, -0.2) is 16.9 Å². The van der Waals surface area contributed by atoms with Gasteiger partial charge in [-0.2, -0.15) is 0 Å². The molecule has 0 radical (unpaired) electrons. The molecule has 1 aliphatic rings. The van der Waals surface area contributed by atoms with E-state index in [2.05, 4.69) is 6.58 Å². The lowest BCUT2D eigenvalue weighted by molar-refractivity contribution is -0.124. The van der Waals surface area contributed by atoms with Gasteiger partial charge in [0, 0.05) is 0 Å². The molecule has 2 aromatic rings. The molecule has 22 heavy (non-hydrogen) atoms. The molecule has 110 valence electrons. The Morgan fingerprint density at radius 1 is 1.00 bits per heavy atom. The van der Waals surface area contributed by atoms with Crippen molar-refractivity contribution < 1.29 is 14.3 Å². The molecule has 3 rings (SSSR count). The first-order valence-electron chi connectivity index (χ1n) is 6.98. The van der Waals surface area contributed by atoms with Gasteiger partial charge in [-0.3, -0.25) is 4.79 Å². The van der Waals surface area contributed by atoms with Crippen LogP contribution >= 0.6 is 0 Å². The predicted molar refractivity (Wildman–Crippen MR) is 81.9 cm³/mol. The maximum atomic E-state index is 12.2. The minimum absolute atomic E-state index is 0.461. The Kier molecular flexibility index (Phi) is 3.74. The van der Waals surface area contributed by atoms with E-state index in [1.165, 1.54) is 0 Å². The molecule has 4 nitrogen and oxygen atoms in total. The van der Waals surface area contributed by atoms with Gasteiger partial charge in [-0.05, 0) is 17.2 Å². The Bertz CT molecular complexity index is 697. The molecule has 1 fully saturated rings. The van der Waals surface area contributed by atoms with E-state index in [-0.39, 0.29) is 0 Å². The molecule has 2 aromatic carbocycles. The highest BCUT2D eigenvalue weighted by atomic mass is 16.6. The number of ether oxygens (including phenoxy) is 1. The van der Waals surface area contributed by atoms with E-state index in [9.17, 15) is 9.59 Å². The average molecular weight is 293 g/mol. The molecule has 2 atom stereocenters. The van der Waals surface area contributed by atoms with Gasteiger partial charge in [0.1, 0.15) is 6.04 Å². The Morgan fingerprint density at radius 3 is 2.09 bits per heavy atom. The topological polar surface area (TPSA) is 46.6 Å². The van der Waals surface area contributed by atoms with E-state index in [0.717, 1.165) is 22.1 Å². The largest absolute Gasteiger partial charge is 0.438 e. The summed E-state index contributed by atoms with van der Waals surface area (Å²) < 4.78 is 5.47. The first-order chi connectivity index (χ1) is 10.7. The summed E-state index contributed by atoms with van der Waals surface area (Å²) in [6, 6.07) is 18.3. The van der Waals surface area contributed by atoms with Crippen molar-refractivity contribution >= 4 is 12.0 Å². The quantitative estimate of drug-likeness (QED) is 0.812. The van der Waals surface area contributed by atoms with Crippen LogP contribution in [0.3, 0.4) is 0 Å². The van der Waals surface area contributed by atoms with Crippen LogP contribution < -0.4 is 0 Å². The van der Waals surface area contributed by atoms with Crippen molar-refractivity contribution in [1.29, 1.82) is 0 Å². The van der Waals surface area contributed by atoms with Crippen LogP contribution in [0.5, 0.6) is 0 Å². The maximum absolute atomic E-state index is 12.2. The molecular formula is C18H15NO3. The number of benzene rings is 2. The number of amides is 2. The van der Waals surface area contributed by atoms with Crippen LogP contribution in [-0.2, 0) is 9.53 Å². The minimum Gasteiger partial charge on any atom is -0.438 e. The van der Waals surface area contributed by atoms with E-state index in [1.54, 1.807) is 0 Å². The molecular weight excluding hydrogens is 278 g/mol. The van der Waals surface area contributed by atoms with Crippen LogP contribution in [0.25, 0.3) is 0 Å². The van der Waals surface area contributed by atoms with Gasteiger partial charge >= 0.3 is 6.09 Å². The molecule has 0 saturated carbocycles. The maximum Gasteiger partial charge on any atom is 0.418 e. The fourth-order valence-corrected chi connectivity index (χ4v) is 2.67. The summed E-state index contributed by atoms with van der Waals surface area (Å²) in [5, 5.41) is 0. The van der Waals surface area contributed by atoms with Crippen molar-refractivity contribution in [2.24, 2.45) is 0 Å². The van der Waals surface area contributed by atoms with Crippen molar-refractivity contribution in [2.75, 3.05) is 0 Å². The van der Waals surface area contributed by atoms with Gasteiger partial charge in [-0.25, -0.2) is 9.69 Å². The zero-order valence-electron chi connectivity index (χ0n) is 11.9. The number of hydrogen-bond acceptors (Lipinski definition) is 3. The molecule has 0 N–H and O–H groups in total. The van der Waals surface area contributed by atoms with E-state index >= 15 is 0 Å². The minimum atomic E-state index is -0.646. The monoisotopic (exact) mass is 293 g/mol. The lowest BCUT2D eigenvalue weighted by atomic mass is 9.95. The van der Waals surface area contributed by atoms with Crippen molar-refractivity contribution in [1.82, 2.24) is 4.90 Å². The summed E-state index contributed by atoms with van der Waals surface area (Å²) in [6.07, 6.45) is -0.0440. The van der Waals surface area contributed by atoms with Crippen molar-refractivity contribution in [3.63, 3.8) is 0 Å². The Labute approximate surface area is 128 Å². The number of nitrogens with zero attached hydrogens (tertiary/aromatic N) is 1. The van der Waals surface area contributed by atoms with Gasteiger partial charge in [0.25, 0.3) is 5.91 Å². The Hall–Kier alpha value is -2.88. The lowest BCUT2D eigenvalue weighted by Crippen LogP contribution is -2.33. The Balaban J connectivity index is 2.08. The molecule has 2 amide bonds. The molecule has 0 aromatic heterocycles. The number of cyclic esters (lactones) is 1. The third-order valence-corrected chi connectivity index (χ3v) is 3.67. The van der Waals surface area contributed by atoms with Gasteiger partial charge in [0.15, 0.2) is 6.10 Å². The van der Waals surface area contributed by atoms with Crippen LogP contribution in [0.2, 0.25) is 0 Å². The molecule has 1 heterocycles. The SMILES string of the molecule is C=CC(=O)N1C(=O)O[C@H](c2ccccc2)[C@@H]1c1ccccc1. The zero-order chi connectivity index (χ0) is 15.5. The van der Waals surface area contributed by atoms with Crippen molar-refractivity contribution in [3.8, 4) is 0 Å². The highest BCUT2D eigenvalue weighted by Gasteiger charge is 2.46. The third kappa shape index (κ3) is 2.39. The Morgan fingerprint density at radius 2 is 1.55 bits per heavy atom. The summed E-state index contributed by atoms with van der Waals surface area (Å²) >= 11 is 0. The molecule has 0 aliphatic carbocycles. The van der Waals surface area contributed by atoms with E-state index < -0.39 is 24.1 Å². The second-order valence-electron chi connectivity index (χ2n) is 4.98. The number of hydrogen-bond donors (Lipinski definition) is 0. The standard InChI is InChI=1S/C18H15NO3/c1-2-15(20)19-16(13-9-5-3-6-10-13)17(22-18(19)21)14-11-7-4-8-12-14/h2-12,16-17H,1H2/t16-,17+/m0/s1. The normalized spacial score (nSPS) is 20.5. The van der Waals surface area contributed by atoms with Crippen molar-refractivity contribution in [3.05, 3.63) is 84.4 Å². The lowest BCUT2D eigenvalue weighted by Gasteiger charge is -2.23. The molecule has 0 unspecified atom stereocenters. The second kappa shape index (κ2) is 5.85. The fourth-order valence-electron chi connectivity index (χ4n) is 2.67. The van der Waals surface area contributed by atoms with E-state index in [4.69, 9.17) is 4.74 Å². The number of imide groups is 1. The van der Waals surface area contributed by atoms with Gasteiger partial charge in [0.2, 0.25) is 0 Å². The molecule has 1 saturated heterocycles. The van der Waals surface area contributed by atoms with Crippen LogP contribution in [0.1, 0.15) is 23.3 Å². The average Bonchev–Trinajstić information content (AvgIpc) is 2.93. The number of rotatable bonds is 3. The third-order valence-electron chi connectivity index (χ3n) is 3.67. The zero-order valence-corrected chi connectivity index (χ0v) is 11.9. The van der Waals surface area contributed by atoms with E-state index in [0.29, 0.717) is 0 Å². The fraction of sp³-hybridized carbons (Fsp3) is 0.111. The van der Waals surface area contributed by atoms with Gasteiger partial charge in [-0.15, -0.1) is 0 Å². The summed E-state index contributed by atoms with van der Waals surface area (Å²) in [6.45, 7) is 3.47. The van der Waals surface area contributed by atoms with Crippen LogP contribution in [0.15, 0.2) is 73.3 Å². The summed E-state index contributed by atoms with van der Waals surface area (Å²) in [4.78, 5) is 25.4. The molecule has 1 aliphatic heterocycles. The van der Waals surface area contributed by atoms with E-state index in [1.807, 2.05) is 60.7 Å². The highest BCUT2D eigenvalue weighted by molar-refractivity contribution is 5.99. The molecule has 0 spiro atoms. The summed E-state index contributed by atoms with van der Waals surface area (Å²) in [7, 11) is 0. The summed E-state index contributed by atoms with van der Waals surface area (Å²) in [5.41, 5.74) is 1.70. The number of carbonyl (C=O) groups excluding carboxylic acids is 2. The van der Waals surface area contributed by atoms with Gasteiger partial charge < -0.3 is 4.74 Å². The first kappa shape index (κ1) is 14.1. The predicted octanol–water partition coefficient (Wildman–Crippen LogP) is 3.63. The van der Waals surface area contributed by atoms with Crippen LogP contribution in [0.4, 0.5) is 4.79 Å². The number of carbonyl (C=O) groups is 2. The summed E-state index contributed by atoms with van der Waals surface area (Å²) in [5.74, 6) is -0.461. The van der Waals surface area contributed by atoms with Crippen molar-refractivity contribution in [2.45, 2.75) is 12.1 Å².